The zero-order valence-electron chi connectivity index (χ0n) is 14.1. The predicted octanol–water partition coefficient (Wildman–Crippen LogP) is 2.85. The standard InChI is InChI=1S/C17H29N3O2/c1-11(2)8-15-16(21)7-5-6-14(20-15)17-18-9-13(10-19-17)22-12(3)4/h9-12,14-16,20-21H,5-8H2,1-4H3/t14?,15-,16?/m1/s1. The summed E-state index contributed by atoms with van der Waals surface area (Å²) in [6, 6.07) is 0.219. The molecule has 0 spiro atoms. The van der Waals surface area contributed by atoms with E-state index in [1.165, 1.54) is 0 Å². The number of aliphatic hydroxyl groups is 1. The summed E-state index contributed by atoms with van der Waals surface area (Å²) in [4.78, 5) is 8.91. The summed E-state index contributed by atoms with van der Waals surface area (Å²) >= 11 is 0. The summed E-state index contributed by atoms with van der Waals surface area (Å²) in [7, 11) is 0. The monoisotopic (exact) mass is 307 g/mol. The Bertz CT molecular complexity index is 448. The second kappa shape index (κ2) is 7.88. The zero-order valence-corrected chi connectivity index (χ0v) is 14.1. The van der Waals surface area contributed by atoms with Gasteiger partial charge >= 0.3 is 0 Å². The zero-order chi connectivity index (χ0) is 16.1. The predicted molar refractivity (Wildman–Crippen MR) is 86.8 cm³/mol. The van der Waals surface area contributed by atoms with Gasteiger partial charge in [0.15, 0.2) is 5.75 Å². The van der Waals surface area contributed by atoms with Crippen LogP contribution in [0.1, 0.15) is 65.2 Å². The van der Waals surface area contributed by atoms with Crippen molar-refractivity contribution in [3.63, 3.8) is 0 Å². The topological polar surface area (TPSA) is 67.3 Å². The molecule has 22 heavy (non-hydrogen) atoms. The molecule has 0 radical (unpaired) electrons. The van der Waals surface area contributed by atoms with Crippen molar-refractivity contribution < 1.29 is 9.84 Å². The van der Waals surface area contributed by atoms with Gasteiger partial charge in [-0.2, -0.15) is 0 Å². The molecule has 1 aliphatic heterocycles. The van der Waals surface area contributed by atoms with E-state index in [-0.39, 0.29) is 24.3 Å². The molecule has 0 aromatic carbocycles. The van der Waals surface area contributed by atoms with Crippen molar-refractivity contribution in [3.05, 3.63) is 18.2 Å². The number of ether oxygens (including phenoxy) is 1. The molecule has 2 unspecified atom stereocenters. The van der Waals surface area contributed by atoms with Gasteiger partial charge in [0.2, 0.25) is 0 Å². The van der Waals surface area contributed by atoms with Gasteiger partial charge in [-0.3, -0.25) is 0 Å². The lowest BCUT2D eigenvalue weighted by Crippen LogP contribution is -2.41. The molecule has 5 heteroatoms. The van der Waals surface area contributed by atoms with Crippen molar-refractivity contribution in [1.29, 1.82) is 0 Å². The van der Waals surface area contributed by atoms with Gasteiger partial charge in [0.05, 0.1) is 30.6 Å². The van der Waals surface area contributed by atoms with Gasteiger partial charge in [0, 0.05) is 6.04 Å². The number of rotatable bonds is 5. The van der Waals surface area contributed by atoms with E-state index in [1.54, 1.807) is 12.4 Å². The van der Waals surface area contributed by atoms with E-state index in [2.05, 4.69) is 29.1 Å². The first-order chi connectivity index (χ1) is 10.5. The number of nitrogens with one attached hydrogen (secondary N) is 1. The molecule has 0 bridgehead atoms. The van der Waals surface area contributed by atoms with Gasteiger partial charge in [-0.1, -0.05) is 13.8 Å². The van der Waals surface area contributed by atoms with Crippen LogP contribution in [-0.4, -0.2) is 33.3 Å². The second-order valence-electron chi connectivity index (χ2n) is 6.90. The molecule has 5 nitrogen and oxygen atoms in total. The maximum Gasteiger partial charge on any atom is 0.156 e. The van der Waals surface area contributed by atoms with E-state index in [0.717, 1.165) is 31.5 Å². The molecule has 1 fully saturated rings. The first kappa shape index (κ1) is 17.2. The van der Waals surface area contributed by atoms with Crippen LogP contribution in [0.5, 0.6) is 5.75 Å². The molecule has 2 rings (SSSR count). The third-order valence-electron chi connectivity index (χ3n) is 3.93. The summed E-state index contributed by atoms with van der Waals surface area (Å²) in [5.74, 6) is 2.04. The average molecular weight is 307 g/mol. The highest BCUT2D eigenvalue weighted by Crippen LogP contribution is 2.26. The normalized spacial score (nSPS) is 26.2. The molecule has 1 aromatic heterocycles. The Morgan fingerprint density at radius 3 is 2.50 bits per heavy atom. The fourth-order valence-electron chi connectivity index (χ4n) is 2.96. The van der Waals surface area contributed by atoms with Crippen molar-refractivity contribution in [2.45, 2.75) is 77.7 Å². The maximum atomic E-state index is 10.3. The van der Waals surface area contributed by atoms with Crippen molar-refractivity contribution in [1.82, 2.24) is 15.3 Å². The fraction of sp³-hybridized carbons (Fsp3) is 0.765. The third kappa shape index (κ3) is 4.92. The molecular formula is C17H29N3O2. The number of hydrogen-bond donors (Lipinski definition) is 2. The van der Waals surface area contributed by atoms with Crippen LogP contribution in [0.4, 0.5) is 0 Å². The average Bonchev–Trinajstić information content (AvgIpc) is 2.61. The van der Waals surface area contributed by atoms with Crippen LogP contribution in [0.2, 0.25) is 0 Å². The van der Waals surface area contributed by atoms with Gasteiger partial charge in [-0.05, 0) is 45.4 Å². The Kier molecular flexibility index (Phi) is 6.15. The highest BCUT2D eigenvalue weighted by Gasteiger charge is 2.28. The van der Waals surface area contributed by atoms with E-state index in [9.17, 15) is 5.11 Å². The molecule has 1 aliphatic rings. The Balaban J connectivity index is 2.06. The summed E-state index contributed by atoms with van der Waals surface area (Å²) in [6.45, 7) is 8.34. The molecule has 1 saturated heterocycles. The number of aromatic nitrogens is 2. The number of hydrogen-bond acceptors (Lipinski definition) is 5. The molecule has 0 aliphatic carbocycles. The minimum atomic E-state index is -0.282. The molecule has 124 valence electrons. The van der Waals surface area contributed by atoms with Gasteiger partial charge in [0.1, 0.15) is 5.82 Å². The molecular weight excluding hydrogens is 278 g/mol. The Labute approximate surface area is 133 Å². The van der Waals surface area contributed by atoms with Gasteiger partial charge in [-0.25, -0.2) is 9.97 Å². The quantitative estimate of drug-likeness (QED) is 0.875. The minimum absolute atomic E-state index is 0.106. The lowest BCUT2D eigenvalue weighted by molar-refractivity contribution is 0.112. The van der Waals surface area contributed by atoms with Crippen LogP contribution < -0.4 is 10.1 Å². The molecule has 2 heterocycles. The van der Waals surface area contributed by atoms with Gasteiger partial charge in [0.25, 0.3) is 0 Å². The lowest BCUT2D eigenvalue weighted by Gasteiger charge is -2.26. The highest BCUT2D eigenvalue weighted by atomic mass is 16.5. The molecule has 2 N–H and O–H groups in total. The van der Waals surface area contributed by atoms with Crippen LogP contribution in [0.15, 0.2) is 12.4 Å². The summed E-state index contributed by atoms with van der Waals surface area (Å²) in [6.07, 6.45) is 7.07. The van der Waals surface area contributed by atoms with Crippen LogP contribution in [0, 0.1) is 5.92 Å². The van der Waals surface area contributed by atoms with Crippen molar-refractivity contribution >= 4 is 0 Å². The van der Waals surface area contributed by atoms with Crippen molar-refractivity contribution in [3.8, 4) is 5.75 Å². The molecule has 1 aromatic rings. The summed E-state index contributed by atoms with van der Waals surface area (Å²) < 4.78 is 5.59. The van der Waals surface area contributed by atoms with E-state index in [0.29, 0.717) is 11.7 Å². The van der Waals surface area contributed by atoms with E-state index < -0.39 is 0 Å². The first-order valence-electron chi connectivity index (χ1n) is 8.38. The van der Waals surface area contributed by atoms with Crippen LogP contribution in [0.3, 0.4) is 0 Å². The fourth-order valence-corrected chi connectivity index (χ4v) is 2.96. The van der Waals surface area contributed by atoms with E-state index in [4.69, 9.17) is 4.74 Å². The van der Waals surface area contributed by atoms with Gasteiger partial charge in [-0.15, -0.1) is 0 Å². The minimum Gasteiger partial charge on any atom is -0.488 e. The molecule has 0 amide bonds. The molecule has 3 atom stereocenters. The van der Waals surface area contributed by atoms with Crippen LogP contribution >= 0.6 is 0 Å². The summed E-state index contributed by atoms with van der Waals surface area (Å²) in [5, 5.41) is 13.8. The van der Waals surface area contributed by atoms with Crippen molar-refractivity contribution in [2.24, 2.45) is 5.92 Å². The Hall–Kier alpha value is -1.20. The van der Waals surface area contributed by atoms with Gasteiger partial charge < -0.3 is 15.2 Å². The van der Waals surface area contributed by atoms with E-state index in [1.807, 2.05) is 13.8 Å². The van der Waals surface area contributed by atoms with E-state index >= 15 is 0 Å². The third-order valence-corrected chi connectivity index (χ3v) is 3.93. The molecule has 0 saturated carbocycles. The SMILES string of the molecule is CC(C)C[C@H]1NC(c2ncc(OC(C)C)cn2)CCCC1O. The highest BCUT2D eigenvalue weighted by molar-refractivity contribution is 5.14. The summed E-state index contributed by atoms with van der Waals surface area (Å²) in [5.41, 5.74) is 0. The first-order valence-corrected chi connectivity index (χ1v) is 8.38. The lowest BCUT2D eigenvalue weighted by atomic mass is 9.97. The maximum absolute atomic E-state index is 10.3. The second-order valence-corrected chi connectivity index (χ2v) is 6.90. The largest absolute Gasteiger partial charge is 0.488 e. The van der Waals surface area contributed by atoms with Crippen molar-refractivity contribution in [2.75, 3.05) is 0 Å². The number of aliphatic hydroxyl groups excluding tert-OH is 1. The van der Waals surface area contributed by atoms with Crippen LogP contribution in [-0.2, 0) is 0 Å². The number of nitrogens with zero attached hydrogens (tertiary/aromatic N) is 2. The van der Waals surface area contributed by atoms with Crippen LogP contribution in [0.25, 0.3) is 0 Å². The smallest absolute Gasteiger partial charge is 0.156 e. The Morgan fingerprint density at radius 1 is 1.23 bits per heavy atom. The Morgan fingerprint density at radius 2 is 1.91 bits per heavy atom.